The number of nitrogens with zero attached hydrogens (tertiary/aromatic N) is 2. The summed E-state index contributed by atoms with van der Waals surface area (Å²) in [5.74, 6) is 0.508. The zero-order valence-corrected chi connectivity index (χ0v) is 14.9. The molecule has 1 amide bonds. The van der Waals surface area contributed by atoms with E-state index in [1.807, 2.05) is 13.8 Å². The van der Waals surface area contributed by atoms with Crippen LogP contribution in [-0.4, -0.2) is 36.3 Å². The molecule has 26 heavy (non-hydrogen) atoms. The van der Waals surface area contributed by atoms with Gasteiger partial charge in [-0.2, -0.15) is 5.26 Å². The minimum atomic E-state index is -0.287. The molecule has 2 atom stereocenters. The molecule has 1 aliphatic heterocycles. The second-order valence-electron chi connectivity index (χ2n) is 6.37. The Morgan fingerprint density at radius 1 is 1.27 bits per heavy atom. The number of benzene rings is 1. The summed E-state index contributed by atoms with van der Waals surface area (Å²) in [5.41, 5.74) is 2.80. The fraction of sp³-hybridized carbons (Fsp3) is 0.350. The summed E-state index contributed by atoms with van der Waals surface area (Å²) in [6.45, 7) is 4.72. The zero-order valence-electron chi connectivity index (χ0n) is 14.9. The molecule has 134 valence electrons. The number of aromatic nitrogens is 1. The molecular weight excluding hydrogens is 330 g/mol. The molecule has 3 rings (SSSR count). The number of carbonyl (C=O) groups is 1. The third kappa shape index (κ3) is 4.38. The van der Waals surface area contributed by atoms with E-state index in [2.05, 4.69) is 16.4 Å². The average molecular weight is 351 g/mol. The van der Waals surface area contributed by atoms with Gasteiger partial charge >= 0.3 is 0 Å². The Morgan fingerprint density at radius 3 is 2.62 bits per heavy atom. The highest BCUT2D eigenvalue weighted by atomic mass is 16.5. The zero-order chi connectivity index (χ0) is 18.5. The van der Waals surface area contributed by atoms with E-state index in [4.69, 9.17) is 14.7 Å². The van der Waals surface area contributed by atoms with Gasteiger partial charge in [-0.3, -0.25) is 9.78 Å². The fourth-order valence-electron chi connectivity index (χ4n) is 2.99. The number of ether oxygens (including phenoxy) is 2. The lowest BCUT2D eigenvalue weighted by atomic mass is 10.0. The smallest absolute Gasteiger partial charge is 0.251 e. The Labute approximate surface area is 152 Å². The van der Waals surface area contributed by atoms with Crippen LogP contribution in [-0.2, 0) is 4.74 Å². The van der Waals surface area contributed by atoms with E-state index >= 15 is 0 Å². The second-order valence-corrected chi connectivity index (χ2v) is 6.37. The summed E-state index contributed by atoms with van der Waals surface area (Å²) < 4.78 is 11.5. The van der Waals surface area contributed by atoms with Gasteiger partial charge in [0.1, 0.15) is 11.9 Å². The molecule has 1 aromatic carbocycles. The average Bonchev–Trinajstić information content (AvgIpc) is 2.63. The van der Waals surface area contributed by atoms with Crippen LogP contribution >= 0.6 is 0 Å². The Balaban J connectivity index is 1.70. The van der Waals surface area contributed by atoms with E-state index in [1.165, 1.54) is 0 Å². The summed E-state index contributed by atoms with van der Waals surface area (Å²) in [6, 6.07) is 12.4. The molecule has 0 unspecified atom stereocenters. The van der Waals surface area contributed by atoms with Crippen LogP contribution in [0.1, 0.15) is 33.7 Å². The molecule has 1 aromatic heterocycles. The molecule has 1 N–H and O–H groups in total. The summed E-state index contributed by atoms with van der Waals surface area (Å²) >= 11 is 0. The lowest BCUT2D eigenvalue weighted by Crippen LogP contribution is -2.51. The van der Waals surface area contributed by atoms with Gasteiger partial charge in [0.05, 0.1) is 24.3 Å². The molecule has 2 heterocycles. The number of aryl methyl sites for hydroxylation is 2. The molecule has 1 fully saturated rings. The van der Waals surface area contributed by atoms with Gasteiger partial charge in [-0.1, -0.05) is 0 Å². The van der Waals surface area contributed by atoms with Gasteiger partial charge in [0.15, 0.2) is 0 Å². The highest BCUT2D eigenvalue weighted by molar-refractivity contribution is 5.94. The van der Waals surface area contributed by atoms with Crippen LogP contribution < -0.4 is 10.1 Å². The molecule has 0 saturated carbocycles. The van der Waals surface area contributed by atoms with Crippen LogP contribution in [0.2, 0.25) is 0 Å². The number of hydrogen-bond acceptors (Lipinski definition) is 5. The second kappa shape index (κ2) is 7.98. The Kier molecular flexibility index (Phi) is 5.49. The highest BCUT2D eigenvalue weighted by Crippen LogP contribution is 2.19. The number of amides is 1. The Bertz CT molecular complexity index is 807. The first-order valence-corrected chi connectivity index (χ1v) is 8.56. The number of rotatable bonds is 4. The standard InChI is InChI=1S/C20H21N3O3/c1-13-9-16(10-14(2)22-13)20(24)23-18-7-8-25-12-19(18)26-17-5-3-15(11-21)4-6-17/h3-6,9-10,18-19H,7-8,12H2,1-2H3,(H,23,24)/t18-,19-/m1/s1. The maximum Gasteiger partial charge on any atom is 0.251 e. The van der Waals surface area contributed by atoms with Crippen LogP contribution in [0.3, 0.4) is 0 Å². The Hall–Kier alpha value is -2.91. The van der Waals surface area contributed by atoms with Crippen LogP contribution in [0.15, 0.2) is 36.4 Å². The van der Waals surface area contributed by atoms with Crippen LogP contribution in [0, 0.1) is 25.2 Å². The van der Waals surface area contributed by atoms with Gasteiger partial charge in [-0.05, 0) is 56.7 Å². The number of pyridine rings is 1. The van der Waals surface area contributed by atoms with E-state index in [0.29, 0.717) is 36.5 Å². The molecule has 0 radical (unpaired) electrons. The number of carbonyl (C=O) groups excluding carboxylic acids is 1. The normalized spacial score (nSPS) is 19.4. The van der Waals surface area contributed by atoms with Crippen molar-refractivity contribution in [2.45, 2.75) is 32.4 Å². The molecule has 6 nitrogen and oxygen atoms in total. The van der Waals surface area contributed by atoms with Crippen LogP contribution in [0.25, 0.3) is 0 Å². The van der Waals surface area contributed by atoms with Gasteiger partial charge in [0, 0.05) is 23.6 Å². The van der Waals surface area contributed by atoms with Crippen molar-refractivity contribution in [3.8, 4) is 11.8 Å². The molecule has 0 aliphatic carbocycles. The summed E-state index contributed by atoms with van der Waals surface area (Å²) in [4.78, 5) is 16.9. The minimum absolute atomic E-state index is 0.140. The fourth-order valence-corrected chi connectivity index (χ4v) is 2.99. The first kappa shape index (κ1) is 17.9. The maximum absolute atomic E-state index is 12.6. The van der Waals surface area contributed by atoms with Crippen molar-refractivity contribution < 1.29 is 14.3 Å². The molecule has 1 aliphatic rings. The van der Waals surface area contributed by atoms with Gasteiger partial charge < -0.3 is 14.8 Å². The monoisotopic (exact) mass is 351 g/mol. The van der Waals surface area contributed by atoms with E-state index in [1.54, 1.807) is 36.4 Å². The van der Waals surface area contributed by atoms with Crippen LogP contribution in [0.5, 0.6) is 5.75 Å². The first-order chi connectivity index (χ1) is 12.5. The topological polar surface area (TPSA) is 84.2 Å². The van der Waals surface area contributed by atoms with Crippen molar-refractivity contribution in [3.05, 3.63) is 58.9 Å². The van der Waals surface area contributed by atoms with Gasteiger partial charge in [-0.25, -0.2) is 0 Å². The third-order valence-corrected chi connectivity index (χ3v) is 4.24. The molecular formula is C20H21N3O3. The van der Waals surface area contributed by atoms with Gasteiger partial charge in [0.2, 0.25) is 0 Å². The lowest BCUT2D eigenvalue weighted by Gasteiger charge is -2.32. The maximum atomic E-state index is 12.6. The van der Waals surface area contributed by atoms with Crippen molar-refractivity contribution in [3.63, 3.8) is 0 Å². The van der Waals surface area contributed by atoms with Crippen molar-refractivity contribution in [2.24, 2.45) is 0 Å². The predicted octanol–water partition coefficient (Wildman–Crippen LogP) is 2.54. The van der Waals surface area contributed by atoms with Gasteiger partial charge in [-0.15, -0.1) is 0 Å². The third-order valence-electron chi connectivity index (χ3n) is 4.24. The molecule has 1 saturated heterocycles. The van der Waals surface area contributed by atoms with E-state index < -0.39 is 0 Å². The van der Waals surface area contributed by atoms with Crippen molar-refractivity contribution >= 4 is 5.91 Å². The quantitative estimate of drug-likeness (QED) is 0.915. The molecule has 2 aromatic rings. The summed E-state index contributed by atoms with van der Waals surface area (Å²) in [7, 11) is 0. The first-order valence-electron chi connectivity index (χ1n) is 8.56. The molecule has 0 bridgehead atoms. The number of nitriles is 1. The van der Waals surface area contributed by atoms with Crippen molar-refractivity contribution in [1.29, 1.82) is 5.26 Å². The minimum Gasteiger partial charge on any atom is -0.486 e. The molecule has 6 heteroatoms. The van der Waals surface area contributed by atoms with Gasteiger partial charge in [0.25, 0.3) is 5.91 Å². The largest absolute Gasteiger partial charge is 0.486 e. The summed E-state index contributed by atoms with van der Waals surface area (Å²) in [6.07, 6.45) is 0.389. The SMILES string of the molecule is Cc1cc(C(=O)N[C@@H]2CCOC[C@H]2Oc2ccc(C#N)cc2)cc(C)n1. The molecule has 0 spiro atoms. The Morgan fingerprint density at radius 2 is 1.96 bits per heavy atom. The van der Waals surface area contributed by atoms with Crippen molar-refractivity contribution in [2.75, 3.05) is 13.2 Å². The number of nitrogens with one attached hydrogen (secondary N) is 1. The highest BCUT2D eigenvalue weighted by Gasteiger charge is 2.29. The van der Waals surface area contributed by atoms with E-state index in [-0.39, 0.29) is 18.1 Å². The number of hydrogen-bond donors (Lipinski definition) is 1. The predicted molar refractivity (Wildman–Crippen MR) is 96.0 cm³/mol. The van der Waals surface area contributed by atoms with Crippen molar-refractivity contribution in [1.82, 2.24) is 10.3 Å². The van der Waals surface area contributed by atoms with E-state index in [0.717, 1.165) is 11.4 Å². The lowest BCUT2D eigenvalue weighted by molar-refractivity contribution is -0.0135. The summed E-state index contributed by atoms with van der Waals surface area (Å²) in [5, 5.41) is 11.9. The van der Waals surface area contributed by atoms with E-state index in [9.17, 15) is 4.79 Å². The van der Waals surface area contributed by atoms with Crippen LogP contribution in [0.4, 0.5) is 0 Å².